The quantitative estimate of drug-likeness (QED) is 0.441. The van der Waals surface area contributed by atoms with Crippen LogP contribution in [-0.4, -0.2) is 45.3 Å². The molecule has 1 amide bonds. The first-order valence-electron chi connectivity index (χ1n) is 11.3. The third kappa shape index (κ3) is 4.91. The highest BCUT2D eigenvalue weighted by atomic mass is 16.5. The SMILES string of the molecule is O=C(O)N[C@H]1CCCN(c2ccnc3ccc(-c4nccc(OCc5ccccc5)n4)cc23)C1. The van der Waals surface area contributed by atoms with E-state index in [2.05, 4.69) is 25.2 Å². The van der Waals surface area contributed by atoms with Crippen molar-refractivity contribution in [1.29, 1.82) is 0 Å². The molecule has 8 nitrogen and oxygen atoms in total. The van der Waals surface area contributed by atoms with Gasteiger partial charge in [0.2, 0.25) is 5.88 Å². The molecule has 1 aliphatic rings. The van der Waals surface area contributed by atoms with Crippen LogP contribution in [0.1, 0.15) is 18.4 Å². The van der Waals surface area contributed by atoms with Gasteiger partial charge in [-0.3, -0.25) is 4.98 Å². The van der Waals surface area contributed by atoms with E-state index in [9.17, 15) is 4.79 Å². The van der Waals surface area contributed by atoms with Crippen molar-refractivity contribution in [2.45, 2.75) is 25.5 Å². The Morgan fingerprint density at radius 3 is 2.79 bits per heavy atom. The van der Waals surface area contributed by atoms with Gasteiger partial charge >= 0.3 is 6.09 Å². The number of fused-ring (bicyclic) bond motifs is 1. The van der Waals surface area contributed by atoms with Gasteiger partial charge in [-0.15, -0.1) is 0 Å². The number of benzene rings is 2. The molecule has 1 aliphatic heterocycles. The van der Waals surface area contributed by atoms with Crippen LogP contribution in [0.15, 0.2) is 73.1 Å². The molecule has 0 bridgehead atoms. The fraction of sp³-hybridized carbons (Fsp3) is 0.231. The Morgan fingerprint density at radius 1 is 1.09 bits per heavy atom. The predicted octanol–water partition coefficient (Wildman–Crippen LogP) is 4.51. The van der Waals surface area contributed by atoms with Crippen molar-refractivity contribution in [1.82, 2.24) is 20.3 Å². The third-order valence-electron chi connectivity index (χ3n) is 5.93. The summed E-state index contributed by atoms with van der Waals surface area (Å²) in [5.74, 6) is 1.09. The number of carboxylic acid groups (broad SMARTS) is 1. The van der Waals surface area contributed by atoms with Crippen molar-refractivity contribution in [3.63, 3.8) is 0 Å². The Labute approximate surface area is 197 Å². The molecule has 4 aromatic rings. The van der Waals surface area contributed by atoms with Crippen molar-refractivity contribution >= 4 is 22.7 Å². The maximum Gasteiger partial charge on any atom is 0.404 e. The number of ether oxygens (including phenoxy) is 1. The Bertz CT molecular complexity index is 1300. The zero-order chi connectivity index (χ0) is 23.3. The van der Waals surface area contributed by atoms with Gasteiger partial charge in [0.25, 0.3) is 0 Å². The number of anilines is 1. The molecule has 0 unspecified atom stereocenters. The van der Waals surface area contributed by atoms with E-state index < -0.39 is 6.09 Å². The summed E-state index contributed by atoms with van der Waals surface area (Å²) >= 11 is 0. The normalized spacial score (nSPS) is 15.8. The number of hydrogen-bond donors (Lipinski definition) is 2. The van der Waals surface area contributed by atoms with Gasteiger partial charge in [-0.25, -0.2) is 9.78 Å². The summed E-state index contributed by atoms with van der Waals surface area (Å²) in [5, 5.41) is 12.7. The Hall–Kier alpha value is -4.20. The first kappa shape index (κ1) is 21.6. The Morgan fingerprint density at radius 2 is 1.94 bits per heavy atom. The zero-order valence-corrected chi connectivity index (χ0v) is 18.6. The van der Waals surface area contributed by atoms with Crippen LogP contribution in [0.2, 0.25) is 0 Å². The molecule has 0 radical (unpaired) electrons. The minimum atomic E-state index is -0.986. The summed E-state index contributed by atoms with van der Waals surface area (Å²) in [7, 11) is 0. The lowest BCUT2D eigenvalue weighted by Crippen LogP contribution is -2.47. The topological polar surface area (TPSA) is 100 Å². The predicted molar refractivity (Wildman–Crippen MR) is 130 cm³/mol. The number of piperidine rings is 1. The second-order valence-electron chi connectivity index (χ2n) is 8.29. The summed E-state index contributed by atoms with van der Waals surface area (Å²) in [6.07, 6.45) is 4.25. The number of nitrogens with zero attached hydrogens (tertiary/aromatic N) is 4. The van der Waals surface area contributed by atoms with Crippen molar-refractivity contribution in [2.24, 2.45) is 0 Å². The number of rotatable bonds is 6. The van der Waals surface area contributed by atoms with Gasteiger partial charge in [0.05, 0.1) is 5.52 Å². The summed E-state index contributed by atoms with van der Waals surface area (Å²) in [6.45, 7) is 1.92. The van der Waals surface area contributed by atoms with Crippen LogP contribution in [-0.2, 0) is 6.61 Å². The van der Waals surface area contributed by atoms with Crippen molar-refractivity contribution in [3.8, 4) is 17.3 Å². The number of aromatic nitrogens is 3. The molecule has 2 aromatic carbocycles. The molecule has 0 spiro atoms. The molecule has 2 N–H and O–H groups in total. The van der Waals surface area contributed by atoms with Gasteiger partial charge in [-0.05, 0) is 42.7 Å². The number of pyridine rings is 1. The molecule has 0 saturated carbocycles. The van der Waals surface area contributed by atoms with Crippen molar-refractivity contribution < 1.29 is 14.6 Å². The van der Waals surface area contributed by atoms with Crippen molar-refractivity contribution in [3.05, 3.63) is 78.6 Å². The number of hydrogen-bond acceptors (Lipinski definition) is 6. The van der Waals surface area contributed by atoms with Crippen molar-refractivity contribution in [2.75, 3.05) is 18.0 Å². The molecular weight excluding hydrogens is 430 g/mol. The molecule has 1 atom stereocenters. The summed E-state index contributed by atoms with van der Waals surface area (Å²) in [4.78, 5) is 26.9. The van der Waals surface area contributed by atoms with Crippen LogP contribution >= 0.6 is 0 Å². The summed E-state index contributed by atoms with van der Waals surface area (Å²) in [6, 6.07) is 19.6. The summed E-state index contributed by atoms with van der Waals surface area (Å²) < 4.78 is 5.88. The van der Waals surface area contributed by atoms with Crippen LogP contribution in [0.4, 0.5) is 10.5 Å². The molecule has 0 aliphatic carbocycles. The minimum absolute atomic E-state index is 0.0978. The smallest absolute Gasteiger partial charge is 0.404 e. The fourth-order valence-electron chi connectivity index (χ4n) is 4.33. The van der Waals surface area contributed by atoms with Crippen LogP contribution in [0.3, 0.4) is 0 Å². The van der Waals surface area contributed by atoms with E-state index in [0.29, 0.717) is 24.9 Å². The second kappa shape index (κ2) is 9.74. The lowest BCUT2D eigenvalue weighted by Gasteiger charge is -2.34. The monoisotopic (exact) mass is 455 g/mol. The number of nitrogens with one attached hydrogen (secondary N) is 1. The lowest BCUT2D eigenvalue weighted by atomic mass is 10.0. The van der Waals surface area contributed by atoms with E-state index in [1.807, 2.05) is 54.6 Å². The second-order valence-corrected chi connectivity index (χ2v) is 8.29. The Kier molecular flexibility index (Phi) is 6.20. The van der Waals surface area contributed by atoms with Gasteiger partial charge in [-0.1, -0.05) is 30.3 Å². The van der Waals surface area contributed by atoms with E-state index in [0.717, 1.165) is 47.1 Å². The minimum Gasteiger partial charge on any atom is -0.473 e. The van der Waals surface area contributed by atoms with E-state index in [4.69, 9.17) is 9.84 Å². The molecule has 172 valence electrons. The molecule has 8 heteroatoms. The number of carbonyl (C=O) groups is 1. The largest absolute Gasteiger partial charge is 0.473 e. The van der Waals surface area contributed by atoms with Crippen LogP contribution in [0.5, 0.6) is 5.88 Å². The number of amides is 1. The molecule has 5 rings (SSSR count). The highest BCUT2D eigenvalue weighted by Gasteiger charge is 2.23. The van der Waals surface area contributed by atoms with Gasteiger partial charge in [-0.2, -0.15) is 4.98 Å². The van der Waals surface area contributed by atoms with Gasteiger partial charge in [0.1, 0.15) is 6.61 Å². The maximum absolute atomic E-state index is 11.1. The van der Waals surface area contributed by atoms with Crippen LogP contribution in [0.25, 0.3) is 22.3 Å². The van der Waals surface area contributed by atoms with E-state index in [-0.39, 0.29) is 6.04 Å². The average Bonchev–Trinajstić information content (AvgIpc) is 2.87. The van der Waals surface area contributed by atoms with Crippen LogP contribution < -0.4 is 15.0 Å². The first-order chi connectivity index (χ1) is 16.7. The molecular formula is C26H25N5O3. The van der Waals surface area contributed by atoms with E-state index >= 15 is 0 Å². The average molecular weight is 456 g/mol. The fourth-order valence-corrected chi connectivity index (χ4v) is 4.33. The molecule has 3 heterocycles. The molecule has 34 heavy (non-hydrogen) atoms. The zero-order valence-electron chi connectivity index (χ0n) is 18.6. The standard InChI is InChI=1S/C26H25N5O3/c32-26(33)29-20-7-4-14-31(16-20)23-10-12-27-22-9-8-19(15-21(22)23)25-28-13-11-24(30-25)34-17-18-5-2-1-3-6-18/h1-3,5-6,8-13,15,20,29H,4,7,14,16-17H2,(H,32,33)/t20-/m0/s1. The Balaban J connectivity index is 1.41. The first-order valence-corrected chi connectivity index (χ1v) is 11.3. The van der Waals surface area contributed by atoms with Crippen LogP contribution in [0, 0.1) is 0 Å². The third-order valence-corrected chi connectivity index (χ3v) is 5.93. The van der Waals surface area contributed by atoms with Gasteiger partial charge in [0.15, 0.2) is 5.82 Å². The molecule has 2 aromatic heterocycles. The highest BCUT2D eigenvalue weighted by molar-refractivity contribution is 5.94. The maximum atomic E-state index is 11.1. The van der Waals surface area contributed by atoms with Gasteiger partial charge in [0, 0.05) is 54.2 Å². The highest BCUT2D eigenvalue weighted by Crippen LogP contribution is 2.31. The van der Waals surface area contributed by atoms with Gasteiger partial charge < -0.3 is 20.1 Å². The summed E-state index contributed by atoms with van der Waals surface area (Å²) in [5.41, 5.74) is 3.83. The van der Waals surface area contributed by atoms with E-state index in [1.54, 1.807) is 18.5 Å². The molecule has 1 saturated heterocycles. The lowest BCUT2D eigenvalue weighted by molar-refractivity contribution is 0.188. The van der Waals surface area contributed by atoms with E-state index in [1.165, 1.54) is 0 Å². The molecule has 1 fully saturated rings.